The van der Waals surface area contributed by atoms with Crippen LogP contribution in [0.15, 0.2) is 18.2 Å². The van der Waals surface area contributed by atoms with Gasteiger partial charge in [0.25, 0.3) is 0 Å². The van der Waals surface area contributed by atoms with E-state index in [1.807, 2.05) is 18.2 Å². The molecule has 72 valence electrons. The van der Waals surface area contributed by atoms with Crippen LogP contribution in [0.2, 0.25) is 5.02 Å². The van der Waals surface area contributed by atoms with E-state index >= 15 is 0 Å². The lowest BCUT2D eigenvalue weighted by Crippen LogP contribution is -2.11. The lowest BCUT2D eigenvalue weighted by molar-refractivity contribution is 0.276. The molecule has 0 saturated carbocycles. The molecule has 0 unspecified atom stereocenters. The predicted octanol–water partition coefficient (Wildman–Crippen LogP) is 2.33. The highest BCUT2D eigenvalue weighted by Crippen LogP contribution is 2.23. The maximum atomic E-state index is 8.71. The van der Waals surface area contributed by atoms with Crippen molar-refractivity contribution in [3.8, 4) is 0 Å². The van der Waals surface area contributed by atoms with Crippen molar-refractivity contribution >= 4 is 34.2 Å². The van der Waals surface area contributed by atoms with Crippen molar-refractivity contribution in [1.29, 1.82) is 0 Å². The number of aliphatic hydroxyl groups excluding tert-OH is 1. The summed E-state index contributed by atoms with van der Waals surface area (Å²) < 4.78 is 0.991. The Balaban J connectivity index is 2.84. The number of hydrogen-bond acceptors (Lipinski definition) is 2. The molecule has 0 aliphatic rings. The molecule has 4 heteroatoms. The van der Waals surface area contributed by atoms with Gasteiger partial charge in [-0.3, -0.25) is 0 Å². The molecule has 0 aliphatic carbocycles. The van der Waals surface area contributed by atoms with Crippen LogP contribution in [0.5, 0.6) is 0 Å². The summed E-state index contributed by atoms with van der Waals surface area (Å²) in [6.45, 7) is 0.111. The number of halogens is 2. The molecule has 2 nitrogen and oxygen atoms in total. The molecule has 0 spiro atoms. The van der Waals surface area contributed by atoms with Crippen LogP contribution in [0.4, 0.5) is 0 Å². The van der Waals surface area contributed by atoms with Gasteiger partial charge in [-0.1, -0.05) is 17.7 Å². The molecule has 1 atom stereocenters. The van der Waals surface area contributed by atoms with E-state index in [0.29, 0.717) is 6.42 Å². The minimum atomic E-state index is -0.101. The first-order valence-corrected chi connectivity index (χ1v) is 5.42. The smallest absolute Gasteiger partial charge is 0.0539 e. The number of hydrogen-bond donors (Lipinski definition) is 2. The van der Waals surface area contributed by atoms with E-state index in [9.17, 15) is 0 Å². The first-order valence-electron chi connectivity index (χ1n) is 3.96. The molecule has 0 bridgehead atoms. The summed E-state index contributed by atoms with van der Waals surface area (Å²) in [7, 11) is 0. The summed E-state index contributed by atoms with van der Waals surface area (Å²) in [6, 6.07) is 5.57. The van der Waals surface area contributed by atoms with Crippen LogP contribution in [0.3, 0.4) is 0 Å². The Morgan fingerprint density at radius 1 is 1.54 bits per heavy atom. The zero-order valence-electron chi connectivity index (χ0n) is 7.00. The van der Waals surface area contributed by atoms with Crippen molar-refractivity contribution in [3.63, 3.8) is 0 Å². The van der Waals surface area contributed by atoms with Gasteiger partial charge in [0.2, 0.25) is 0 Å². The third-order valence-corrected chi connectivity index (χ3v) is 3.35. The zero-order valence-corrected chi connectivity index (χ0v) is 9.92. The van der Waals surface area contributed by atoms with Crippen molar-refractivity contribution in [2.45, 2.75) is 12.5 Å². The molecule has 0 heterocycles. The van der Waals surface area contributed by atoms with Crippen LogP contribution < -0.4 is 5.73 Å². The zero-order chi connectivity index (χ0) is 9.84. The molecule has 0 saturated heterocycles. The first-order chi connectivity index (χ1) is 6.15. The van der Waals surface area contributed by atoms with Crippen LogP contribution in [0, 0.1) is 3.57 Å². The first kappa shape index (κ1) is 11.2. The van der Waals surface area contributed by atoms with Gasteiger partial charge in [0.05, 0.1) is 5.02 Å². The van der Waals surface area contributed by atoms with Gasteiger partial charge in [0, 0.05) is 16.2 Å². The topological polar surface area (TPSA) is 46.2 Å². The second-order valence-electron chi connectivity index (χ2n) is 2.79. The minimum Gasteiger partial charge on any atom is -0.396 e. The monoisotopic (exact) mass is 311 g/mol. The van der Waals surface area contributed by atoms with Gasteiger partial charge in [-0.2, -0.15) is 0 Å². The van der Waals surface area contributed by atoms with Crippen molar-refractivity contribution < 1.29 is 5.11 Å². The average Bonchev–Trinajstić information content (AvgIpc) is 2.10. The molecule has 0 aromatic heterocycles. The van der Waals surface area contributed by atoms with Gasteiger partial charge in [0.1, 0.15) is 0 Å². The van der Waals surface area contributed by atoms with Crippen LogP contribution in [-0.4, -0.2) is 11.7 Å². The highest BCUT2D eigenvalue weighted by atomic mass is 127. The van der Waals surface area contributed by atoms with Gasteiger partial charge < -0.3 is 10.8 Å². The molecule has 0 amide bonds. The fraction of sp³-hybridized carbons (Fsp3) is 0.333. The standard InChI is InChI=1S/C9H11ClINO/c10-7-2-1-6(5-8(7)11)9(12)3-4-13/h1-2,5,9,13H,3-4,12H2/t9-/m1/s1. The summed E-state index contributed by atoms with van der Waals surface area (Å²) in [5.74, 6) is 0. The SMILES string of the molecule is N[C@H](CCO)c1ccc(Cl)c(I)c1. The summed E-state index contributed by atoms with van der Waals surface area (Å²) in [6.07, 6.45) is 0.581. The normalized spacial score (nSPS) is 12.9. The van der Waals surface area contributed by atoms with Crippen LogP contribution in [0.25, 0.3) is 0 Å². The van der Waals surface area contributed by atoms with Crippen LogP contribution in [-0.2, 0) is 0 Å². The summed E-state index contributed by atoms with van der Waals surface area (Å²) >= 11 is 8.03. The fourth-order valence-electron chi connectivity index (χ4n) is 1.05. The van der Waals surface area contributed by atoms with E-state index < -0.39 is 0 Å². The Hall–Kier alpha value is 0.160. The molecule has 0 fully saturated rings. The number of rotatable bonds is 3. The summed E-state index contributed by atoms with van der Waals surface area (Å²) in [4.78, 5) is 0. The molecule has 3 N–H and O–H groups in total. The van der Waals surface area contributed by atoms with Crippen LogP contribution in [0.1, 0.15) is 18.0 Å². The lowest BCUT2D eigenvalue weighted by Gasteiger charge is -2.10. The average molecular weight is 312 g/mol. The minimum absolute atomic E-state index is 0.101. The van der Waals surface area contributed by atoms with Crippen molar-refractivity contribution in [2.24, 2.45) is 5.73 Å². The molecular weight excluding hydrogens is 300 g/mol. The maximum Gasteiger partial charge on any atom is 0.0539 e. The summed E-state index contributed by atoms with van der Waals surface area (Å²) in [5, 5.41) is 9.45. The van der Waals surface area contributed by atoms with Crippen molar-refractivity contribution in [3.05, 3.63) is 32.4 Å². The largest absolute Gasteiger partial charge is 0.396 e. The van der Waals surface area contributed by atoms with E-state index in [-0.39, 0.29) is 12.6 Å². The van der Waals surface area contributed by atoms with Gasteiger partial charge in [-0.25, -0.2) is 0 Å². The molecular formula is C9H11ClINO. The van der Waals surface area contributed by atoms with E-state index in [1.54, 1.807) is 0 Å². The van der Waals surface area contributed by atoms with Gasteiger partial charge in [0.15, 0.2) is 0 Å². The molecule has 0 radical (unpaired) electrons. The Morgan fingerprint density at radius 3 is 2.77 bits per heavy atom. The third kappa shape index (κ3) is 3.09. The van der Waals surface area contributed by atoms with Crippen molar-refractivity contribution in [2.75, 3.05) is 6.61 Å². The Morgan fingerprint density at radius 2 is 2.23 bits per heavy atom. The maximum absolute atomic E-state index is 8.71. The molecule has 1 aromatic carbocycles. The second kappa shape index (κ2) is 5.14. The quantitative estimate of drug-likeness (QED) is 0.842. The molecule has 1 aromatic rings. The van der Waals surface area contributed by atoms with E-state index in [4.69, 9.17) is 22.4 Å². The Bertz CT molecular complexity index is 293. The highest BCUT2D eigenvalue weighted by Gasteiger charge is 2.06. The molecule has 0 aliphatic heterocycles. The van der Waals surface area contributed by atoms with Gasteiger partial charge in [-0.15, -0.1) is 0 Å². The van der Waals surface area contributed by atoms with Gasteiger partial charge >= 0.3 is 0 Å². The highest BCUT2D eigenvalue weighted by molar-refractivity contribution is 14.1. The Kier molecular flexibility index (Phi) is 4.45. The van der Waals surface area contributed by atoms with Crippen LogP contribution >= 0.6 is 34.2 Å². The summed E-state index contributed by atoms with van der Waals surface area (Å²) in [5.41, 5.74) is 6.83. The van der Waals surface area contributed by atoms with Gasteiger partial charge in [-0.05, 0) is 46.7 Å². The third-order valence-electron chi connectivity index (χ3n) is 1.81. The number of benzene rings is 1. The molecule has 13 heavy (non-hydrogen) atoms. The lowest BCUT2D eigenvalue weighted by atomic mass is 10.1. The second-order valence-corrected chi connectivity index (χ2v) is 4.36. The number of nitrogens with two attached hydrogens (primary N) is 1. The fourth-order valence-corrected chi connectivity index (χ4v) is 1.71. The number of aliphatic hydroxyl groups is 1. The van der Waals surface area contributed by atoms with E-state index in [0.717, 1.165) is 14.2 Å². The van der Waals surface area contributed by atoms with E-state index in [1.165, 1.54) is 0 Å². The van der Waals surface area contributed by atoms with E-state index in [2.05, 4.69) is 22.6 Å². The molecule has 1 rings (SSSR count). The van der Waals surface area contributed by atoms with Crippen molar-refractivity contribution in [1.82, 2.24) is 0 Å². The Labute approximate surface area is 96.2 Å². The predicted molar refractivity (Wildman–Crippen MR) is 62.8 cm³/mol.